The predicted octanol–water partition coefficient (Wildman–Crippen LogP) is 11.8. The molecule has 0 fully saturated rings. The number of rotatable bonds is 22. The smallest absolute Gasteiger partial charge is 0.338 e. The van der Waals surface area contributed by atoms with E-state index in [0.29, 0.717) is 47.3 Å². The fourth-order valence-electron chi connectivity index (χ4n) is 6.09. The highest BCUT2D eigenvalue weighted by atomic mass is 16.5. The van der Waals surface area contributed by atoms with E-state index in [0.717, 1.165) is 47.3 Å². The summed E-state index contributed by atoms with van der Waals surface area (Å²) in [6.07, 6.45) is 9.46. The Morgan fingerprint density at radius 1 is 0.520 bits per heavy atom. The molecule has 50 heavy (non-hydrogen) atoms. The summed E-state index contributed by atoms with van der Waals surface area (Å²) >= 11 is 0. The van der Waals surface area contributed by atoms with Gasteiger partial charge in [0.05, 0.1) is 37.6 Å². The maximum Gasteiger partial charge on any atom is 0.338 e. The lowest BCUT2D eigenvalue weighted by atomic mass is 9.90. The Balaban J connectivity index is 1.81. The van der Waals surface area contributed by atoms with Crippen molar-refractivity contribution in [2.45, 2.75) is 107 Å². The van der Waals surface area contributed by atoms with Crippen LogP contribution in [0.4, 0.5) is 0 Å². The number of ether oxygens (including phenoxy) is 4. The normalized spacial score (nSPS) is 12.5. The highest BCUT2D eigenvalue weighted by Gasteiger charge is 2.23. The molecular formula is C44H62O6. The molecule has 6 nitrogen and oxygen atoms in total. The maximum atomic E-state index is 13.4. The SMILES string of the molecule is CCOC(=O)c1cc(-c2ccc(OCCC(C)CCCC(C)C)cc2)c(C(=O)OCC)cc1-c1ccc(OCCC(C)CCCC(C)C)cc1. The summed E-state index contributed by atoms with van der Waals surface area (Å²) in [6, 6.07) is 18.8. The second-order valence-corrected chi connectivity index (χ2v) is 14.6. The van der Waals surface area contributed by atoms with Gasteiger partial charge < -0.3 is 18.9 Å². The highest BCUT2D eigenvalue weighted by molar-refractivity contribution is 6.05. The minimum Gasteiger partial charge on any atom is -0.494 e. The lowest BCUT2D eigenvalue weighted by Crippen LogP contribution is -2.12. The third-order valence-electron chi connectivity index (χ3n) is 9.19. The first-order chi connectivity index (χ1) is 24.0. The summed E-state index contributed by atoms with van der Waals surface area (Å²) < 4.78 is 23.1. The molecule has 0 saturated heterocycles. The standard InChI is InChI=1S/C44H62O6/c1-9-47-43(45)41-29-40(36-19-23-38(24-20-36)50-28-26-34(8)16-12-14-32(5)6)42(44(46)48-10-2)30-39(41)35-17-21-37(22-18-35)49-27-25-33(7)15-11-13-31(3)4/h17-24,29-34H,9-16,25-28H2,1-8H3. The fourth-order valence-corrected chi connectivity index (χ4v) is 6.09. The Kier molecular flexibility index (Phi) is 17.4. The van der Waals surface area contributed by atoms with Gasteiger partial charge in [-0.25, -0.2) is 9.59 Å². The molecule has 0 bridgehead atoms. The highest BCUT2D eigenvalue weighted by Crippen LogP contribution is 2.35. The number of hydrogen-bond acceptors (Lipinski definition) is 6. The van der Waals surface area contributed by atoms with Gasteiger partial charge in [-0.05, 0) is 109 Å². The molecule has 0 saturated carbocycles. The van der Waals surface area contributed by atoms with E-state index in [1.54, 1.807) is 26.0 Å². The van der Waals surface area contributed by atoms with Crippen molar-refractivity contribution in [1.29, 1.82) is 0 Å². The van der Waals surface area contributed by atoms with Crippen LogP contribution in [0.1, 0.15) is 127 Å². The van der Waals surface area contributed by atoms with E-state index in [1.807, 2.05) is 48.5 Å². The zero-order valence-electron chi connectivity index (χ0n) is 32.0. The van der Waals surface area contributed by atoms with Crippen molar-refractivity contribution in [2.75, 3.05) is 26.4 Å². The quantitative estimate of drug-likeness (QED) is 0.0980. The maximum absolute atomic E-state index is 13.4. The first-order valence-corrected chi connectivity index (χ1v) is 19.0. The molecule has 2 unspecified atom stereocenters. The molecule has 6 heteroatoms. The Morgan fingerprint density at radius 3 is 1.20 bits per heavy atom. The summed E-state index contributed by atoms with van der Waals surface area (Å²) in [5.41, 5.74) is 3.52. The van der Waals surface area contributed by atoms with Crippen LogP contribution in [0.2, 0.25) is 0 Å². The van der Waals surface area contributed by atoms with Crippen molar-refractivity contribution in [2.24, 2.45) is 23.7 Å². The molecule has 2 atom stereocenters. The molecule has 0 heterocycles. The molecule has 3 rings (SSSR count). The summed E-state index contributed by atoms with van der Waals surface area (Å²) in [6.45, 7) is 19.0. The largest absolute Gasteiger partial charge is 0.494 e. The van der Waals surface area contributed by atoms with Crippen molar-refractivity contribution in [1.82, 2.24) is 0 Å². The lowest BCUT2D eigenvalue weighted by Gasteiger charge is -2.17. The molecule has 3 aromatic carbocycles. The molecule has 0 aliphatic heterocycles. The molecule has 0 aromatic heterocycles. The number of esters is 2. The van der Waals surface area contributed by atoms with Gasteiger partial charge >= 0.3 is 11.9 Å². The molecule has 0 spiro atoms. The van der Waals surface area contributed by atoms with Crippen LogP contribution < -0.4 is 9.47 Å². The Bertz CT molecular complexity index is 1330. The summed E-state index contributed by atoms with van der Waals surface area (Å²) in [4.78, 5) is 26.7. The van der Waals surface area contributed by atoms with E-state index < -0.39 is 11.9 Å². The van der Waals surface area contributed by atoms with E-state index in [9.17, 15) is 9.59 Å². The van der Waals surface area contributed by atoms with Crippen molar-refractivity contribution >= 4 is 11.9 Å². The van der Waals surface area contributed by atoms with Crippen molar-refractivity contribution in [3.05, 3.63) is 71.8 Å². The van der Waals surface area contributed by atoms with Crippen molar-refractivity contribution in [3.8, 4) is 33.8 Å². The Morgan fingerprint density at radius 2 is 0.880 bits per heavy atom. The Labute approximate surface area is 302 Å². The summed E-state index contributed by atoms with van der Waals surface area (Å²) in [5.74, 6) is 3.35. The second kappa shape index (κ2) is 21.4. The Hall–Kier alpha value is -3.80. The second-order valence-electron chi connectivity index (χ2n) is 14.6. The lowest BCUT2D eigenvalue weighted by molar-refractivity contribution is 0.0513. The molecule has 0 radical (unpaired) electrons. The number of carbonyl (C=O) groups excluding carboxylic acids is 2. The first-order valence-electron chi connectivity index (χ1n) is 19.0. The zero-order chi connectivity index (χ0) is 36.5. The fraction of sp³-hybridized carbons (Fsp3) is 0.545. The van der Waals surface area contributed by atoms with Gasteiger partial charge in [0.25, 0.3) is 0 Å². The van der Waals surface area contributed by atoms with Crippen LogP contribution in [-0.4, -0.2) is 38.4 Å². The molecular weight excluding hydrogens is 624 g/mol. The van der Waals surface area contributed by atoms with Crippen molar-refractivity contribution in [3.63, 3.8) is 0 Å². The third-order valence-corrected chi connectivity index (χ3v) is 9.19. The van der Waals surface area contributed by atoms with Crippen LogP contribution in [-0.2, 0) is 9.47 Å². The molecule has 274 valence electrons. The zero-order valence-corrected chi connectivity index (χ0v) is 32.0. The first kappa shape index (κ1) is 40.6. The third kappa shape index (κ3) is 13.5. The average molecular weight is 687 g/mol. The van der Waals surface area contributed by atoms with E-state index in [2.05, 4.69) is 41.5 Å². The van der Waals surface area contributed by atoms with Crippen molar-refractivity contribution < 1.29 is 28.5 Å². The van der Waals surface area contributed by atoms with Gasteiger partial charge in [0, 0.05) is 0 Å². The van der Waals surface area contributed by atoms with Gasteiger partial charge in [-0.15, -0.1) is 0 Å². The van der Waals surface area contributed by atoms with Crippen LogP contribution in [0, 0.1) is 23.7 Å². The predicted molar refractivity (Wildman–Crippen MR) is 205 cm³/mol. The molecule has 0 aliphatic rings. The molecule has 0 N–H and O–H groups in total. The number of carbonyl (C=O) groups is 2. The summed E-state index contributed by atoms with van der Waals surface area (Å²) in [7, 11) is 0. The molecule has 0 amide bonds. The van der Waals surface area contributed by atoms with Crippen LogP contribution in [0.5, 0.6) is 11.5 Å². The summed E-state index contributed by atoms with van der Waals surface area (Å²) in [5, 5.41) is 0. The van der Waals surface area contributed by atoms with Gasteiger partial charge in [0.1, 0.15) is 11.5 Å². The van der Waals surface area contributed by atoms with Crippen LogP contribution >= 0.6 is 0 Å². The minimum absolute atomic E-state index is 0.234. The van der Waals surface area contributed by atoms with Crippen LogP contribution in [0.15, 0.2) is 60.7 Å². The number of benzene rings is 3. The van der Waals surface area contributed by atoms with Gasteiger partial charge in [-0.3, -0.25) is 0 Å². The molecule has 3 aromatic rings. The minimum atomic E-state index is -0.451. The van der Waals surface area contributed by atoms with Crippen LogP contribution in [0.25, 0.3) is 22.3 Å². The monoisotopic (exact) mass is 686 g/mol. The van der Waals surface area contributed by atoms with E-state index in [1.165, 1.54) is 38.5 Å². The van der Waals surface area contributed by atoms with Gasteiger partial charge in [0.15, 0.2) is 0 Å². The number of hydrogen-bond donors (Lipinski definition) is 0. The molecule has 0 aliphatic carbocycles. The average Bonchev–Trinajstić information content (AvgIpc) is 3.08. The van der Waals surface area contributed by atoms with Crippen LogP contribution in [0.3, 0.4) is 0 Å². The van der Waals surface area contributed by atoms with E-state index >= 15 is 0 Å². The van der Waals surface area contributed by atoms with Gasteiger partial charge in [-0.2, -0.15) is 0 Å². The van der Waals surface area contributed by atoms with Gasteiger partial charge in [-0.1, -0.05) is 104 Å². The van der Waals surface area contributed by atoms with Gasteiger partial charge in [0.2, 0.25) is 0 Å². The van der Waals surface area contributed by atoms with E-state index in [4.69, 9.17) is 18.9 Å². The topological polar surface area (TPSA) is 71.1 Å². The van der Waals surface area contributed by atoms with E-state index in [-0.39, 0.29) is 13.2 Å².